The number of nitrogens with two attached hydrogens (primary N) is 1. The molecule has 2 saturated carbocycles. The van der Waals surface area contributed by atoms with Crippen LogP contribution in [0.25, 0.3) is 0 Å². The first-order chi connectivity index (χ1) is 17.8. The highest BCUT2D eigenvalue weighted by Gasteiger charge is 2.69. The number of likely N-dealkylation sites (N-methyl/N-ethyl adjacent to an activating group) is 1. The largest absolute Gasteiger partial charge is 0.506 e. The number of ketones is 4. The standard InChI is InChI=1S/C26H28FN3O8/c1-29(2)18-12-8-10-7-11-9-13(27)16(25(37)30-5-3-4-6-30)20(32)14(11)19(31)15(10)22(34)26(12,38)23(35)17(21(18)33)24(28)36/h9-10,12,15,17-18,32,38H,3-8H2,1-2H3,(H2,28,36)/t10-,12-,15?,17?,18-,26-/m0/s1. The summed E-state index contributed by atoms with van der Waals surface area (Å²) in [4.78, 5) is 81.5. The Morgan fingerprint density at radius 1 is 1.13 bits per heavy atom. The summed E-state index contributed by atoms with van der Waals surface area (Å²) < 4.78 is 15.1. The van der Waals surface area contributed by atoms with Crippen molar-refractivity contribution >= 4 is 34.9 Å². The number of phenols is 1. The van der Waals surface area contributed by atoms with Crippen molar-refractivity contribution in [2.45, 2.75) is 37.3 Å². The maximum atomic E-state index is 15.1. The molecule has 1 aromatic rings. The van der Waals surface area contributed by atoms with E-state index >= 15 is 4.39 Å². The van der Waals surface area contributed by atoms with E-state index in [1.54, 1.807) is 0 Å². The molecule has 5 rings (SSSR count). The Kier molecular flexibility index (Phi) is 6.03. The van der Waals surface area contributed by atoms with Crippen LogP contribution in [0.15, 0.2) is 6.07 Å². The van der Waals surface area contributed by atoms with Crippen molar-refractivity contribution in [1.29, 1.82) is 0 Å². The SMILES string of the molecule is CN(C)[C@@H]1C(=O)C(C(N)=O)C(=O)[C@@]2(O)C(=O)C3C(=O)c4c(cc(F)c(C(=O)N5CCCC5)c4O)C[C@H]3C[C@@H]12. The maximum Gasteiger partial charge on any atom is 0.260 e. The summed E-state index contributed by atoms with van der Waals surface area (Å²) >= 11 is 0. The van der Waals surface area contributed by atoms with Crippen LogP contribution in [0.5, 0.6) is 5.75 Å². The van der Waals surface area contributed by atoms with E-state index in [1.807, 2.05) is 0 Å². The third-order valence-electron chi connectivity index (χ3n) is 8.61. The van der Waals surface area contributed by atoms with Crippen LogP contribution in [0.1, 0.15) is 45.5 Å². The number of carbonyl (C=O) groups excluding carboxylic acids is 6. The highest BCUT2D eigenvalue weighted by Crippen LogP contribution is 2.51. The third-order valence-corrected chi connectivity index (χ3v) is 8.61. The number of amides is 2. The molecule has 3 fully saturated rings. The number of rotatable bonds is 3. The number of likely N-dealkylation sites (tertiary alicyclic amines) is 1. The van der Waals surface area contributed by atoms with Crippen LogP contribution < -0.4 is 5.73 Å². The summed E-state index contributed by atoms with van der Waals surface area (Å²) in [5.41, 5.74) is 1.47. The van der Waals surface area contributed by atoms with Gasteiger partial charge in [-0.05, 0) is 57.3 Å². The molecule has 1 saturated heterocycles. The average molecular weight is 530 g/mol. The Bertz CT molecular complexity index is 1320. The molecule has 202 valence electrons. The molecule has 4 aliphatic rings. The van der Waals surface area contributed by atoms with Crippen molar-refractivity contribution in [1.82, 2.24) is 9.80 Å². The number of phenolic OH excluding ortho intramolecular Hbond substituents is 1. The number of nitrogens with zero attached hydrogens (tertiary/aromatic N) is 2. The maximum absolute atomic E-state index is 15.1. The van der Waals surface area contributed by atoms with Gasteiger partial charge >= 0.3 is 0 Å². The Morgan fingerprint density at radius 2 is 1.76 bits per heavy atom. The van der Waals surface area contributed by atoms with Crippen LogP contribution >= 0.6 is 0 Å². The molecule has 0 radical (unpaired) electrons. The molecule has 2 unspecified atom stereocenters. The van der Waals surface area contributed by atoms with E-state index in [-0.39, 0.29) is 18.4 Å². The molecule has 3 aliphatic carbocycles. The number of fused-ring (bicyclic) bond motifs is 3. The second-order valence-corrected chi connectivity index (χ2v) is 10.9. The lowest BCUT2D eigenvalue weighted by atomic mass is 9.52. The zero-order valence-corrected chi connectivity index (χ0v) is 20.9. The molecule has 11 nitrogen and oxygen atoms in total. The number of Topliss-reactive ketones (excluding diaryl/α,β-unsaturated/α-hetero) is 4. The van der Waals surface area contributed by atoms with Crippen molar-refractivity contribution in [2.75, 3.05) is 27.2 Å². The van der Waals surface area contributed by atoms with Crippen molar-refractivity contribution in [3.63, 3.8) is 0 Å². The summed E-state index contributed by atoms with van der Waals surface area (Å²) in [7, 11) is 2.97. The Hall–Kier alpha value is -3.51. The molecule has 2 amide bonds. The van der Waals surface area contributed by atoms with Crippen LogP contribution in [0.2, 0.25) is 0 Å². The molecule has 6 atom stereocenters. The summed E-state index contributed by atoms with van der Waals surface area (Å²) in [6.45, 7) is 0.741. The summed E-state index contributed by atoms with van der Waals surface area (Å²) in [5.74, 6) is -14.1. The highest BCUT2D eigenvalue weighted by molar-refractivity contribution is 6.32. The predicted molar refractivity (Wildman–Crippen MR) is 126 cm³/mol. The molecule has 1 aromatic carbocycles. The van der Waals surface area contributed by atoms with Crippen molar-refractivity contribution in [3.8, 4) is 5.75 Å². The number of benzene rings is 1. The van der Waals surface area contributed by atoms with Gasteiger partial charge in [0, 0.05) is 19.0 Å². The smallest absolute Gasteiger partial charge is 0.260 e. The normalized spacial score (nSPS) is 32.8. The van der Waals surface area contributed by atoms with E-state index in [4.69, 9.17) is 5.73 Å². The van der Waals surface area contributed by atoms with Crippen molar-refractivity contribution in [3.05, 3.63) is 28.6 Å². The van der Waals surface area contributed by atoms with Gasteiger partial charge in [0.1, 0.15) is 17.1 Å². The number of halogens is 1. The van der Waals surface area contributed by atoms with Gasteiger partial charge in [0.05, 0.1) is 17.5 Å². The molecule has 1 heterocycles. The quantitative estimate of drug-likeness (QED) is 0.425. The van der Waals surface area contributed by atoms with Gasteiger partial charge in [-0.25, -0.2) is 4.39 Å². The third kappa shape index (κ3) is 3.39. The number of aliphatic hydroxyl groups is 1. The lowest BCUT2D eigenvalue weighted by Crippen LogP contribution is -2.74. The summed E-state index contributed by atoms with van der Waals surface area (Å²) in [6.07, 6.45) is 1.22. The Morgan fingerprint density at radius 3 is 2.34 bits per heavy atom. The number of carbonyl (C=O) groups is 6. The first-order valence-corrected chi connectivity index (χ1v) is 12.5. The van der Waals surface area contributed by atoms with Crippen LogP contribution in [0.4, 0.5) is 4.39 Å². The van der Waals surface area contributed by atoms with Gasteiger partial charge in [-0.2, -0.15) is 0 Å². The van der Waals surface area contributed by atoms with E-state index in [0.29, 0.717) is 25.9 Å². The number of hydrogen-bond acceptors (Lipinski definition) is 9. The number of primary amides is 1. The monoisotopic (exact) mass is 529 g/mol. The minimum Gasteiger partial charge on any atom is -0.506 e. The van der Waals surface area contributed by atoms with Crippen LogP contribution in [-0.4, -0.2) is 93.8 Å². The first-order valence-electron chi connectivity index (χ1n) is 12.5. The van der Waals surface area contributed by atoms with Crippen molar-refractivity contribution in [2.24, 2.45) is 29.4 Å². The zero-order valence-electron chi connectivity index (χ0n) is 20.9. The molecular weight excluding hydrogens is 501 g/mol. The molecule has 0 bridgehead atoms. The van der Waals surface area contributed by atoms with Crippen molar-refractivity contribution < 1.29 is 43.4 Å². The fourth-order valence-corrected chi connectivity index (χ4v) is 6.91. The van der Waals surface area contributed by atoms with E-state index in [0.717, 1.165) is 6.07 Å². The fraction of sp³-hybridized carbons (Fsp3) is 0.538. The Labute approximate surface area is 216 Å². The van der Waals surface area contributed by atoms with Gasteiger partial charge in [0.15, 0.2) is 34.7 Å². The molecule has 0 aromatic heterocycles. The zero-order chi connectivity index (χ0) is 27.8. The second kappa shape index (κ2) is 8.77. The van der Waals surface area contributed by atoms with Crippen LogP contribution in [0, 0.1) is 29.5 Å². The van der Waals surface area contributed by atoms with Gasteiger partial charge in [0.2, 0.25) is 5.91 Å². The molecule has 4 N–H and O–H groups in total. The van der Waals surface area contributed by atoms with Gasteiger partial charge in [-0.15, -0.1) is 0 Å². The summed E-state index contributed by atoms with van der Waals surface area (Å²) in [5, 5.41) is 22.5. The van der Waals surface area contributed by atoms with Gasteiger partial charge < -0.3 is 20.8 Å². The lowest BCUT2D eigenvalue weighted by molar-refractivity contribution is -0.181. The lowest BCUT2D eigenvalue weighted by Gasteiger charge is -2.52. The number of aromatic hydroxyl groups is 1. The van der Waals surface area contributed by atoms with E-state index in [9.17, 15) is 39.0 Å². The second-order valence-electron chi connectivity index (χ2n) is 10.9. The van der Waals surface area contributed by atoms with Gasteiger partial charge in [-0.3, -0.25) is 33.7 Å². The number of hydrogen-bond donors (Lipinski definition) is 3. The predicted octanol–water partition coefficient (Wildman–Crippen LogP) is -0.758. The van der Waals surface area contributed by atoms with E-state index in [2.05, 4.69) is 0 Å². The topological polar surface area (TPSA) is 175 Å². The van der Waals surface area contributed by atoms with Gasteiger partial charge in [-0.1, -0.05) is 0 Å². The summed E-state index contributed by atoms with van der Waals surface area (Å²) in [6, 6.07) is -0.219. The Balaban J connectivity index is 1.61. The van der Waals surface area contributed by atoms with E-state index < -0.39 is 93.0 Å². The fourth-order valence-electron chi connectivity index (χ4n) is 6.91. The van der Waals surface area contributed by atoms with Crippen LogP contribution in [-0.2, 0) is 25.6 Å². The highest BCUT2D eigenvalue weighted by atomic mass is 19.1. The minimum absolute atomic E-state index is 0.0749. The first kappa shape index (κ1) is 26.1. The molecule has 1 aliphatic heterocycles. The molecule has 38 heavy (non-hydrogen) atoms. The molecular formula is C26H28FN3O8. The van der Waals surface area contributed by atoms with Crippen LogP contribution in [0.3, 0.4) is 0 Å². The molecule has 0 spiro atoms. The minimum atomic E-state index is -2.85. The average Bonchev–Trinajstić information content (AvgIpc) is 3.35. The van der Waals surface area contributed by atoms with E-state index in [1.165, 1.54) is 23.9 Å². The molecule has 12 heteroatoms. The van der Waals surface area contributed by atoms with Gasteiger partial charge in [0.25, 0.3) is 5.91 Å².